The Bertz CT molecular complexity index is 754. The van der Waals surface area contributed by atoms with Crippen LogP contribution in [0.5, 0.6) is 0 Å². The van der Waals surface area contributed by atoms with Crippen LogP contribution >= 0.6 is 0 Å². The van der Waals surface area contributed by atoms with Gasteiger partial charge >= 0.3 is 0 Å². The molecule has 0 N–H and O–H groups in total. The topological polar surface area (TPSA) is 40.2 Å². The molecule has 5 atom stereocenters. The van der Waals surface area contributed by atoms with E-state index in [-0.39, 0.29) is 21.6 Å². The lowest BCUT2D eigenvalue weighted by atomic mass is 9.87. The molecule has 1 aliphatic carbocycles. The van der Waals surface area contributed by atoms with E-state index in [1.165, 1.54) is 25.7 Å². The number of hydrogen-bond donors (Lipinski definition) is 0. The molecule has 5 unspecified atom stereocenters. The van der Waals surface area contributed by atoms with Crippen molar-refractivity contribution in [3.05, 3.63) is 0 Å². The largest absolute Gasteiger partial charge is 0.415 e. The fourth-order valence-corrected chi connectivity index (χ4v) is 16.6. The predicted molar refractivity (Wildman–Crippen MR) is 166 cm³/mol. The summed E-state index contributed by atoms with van der Waals surface area (Å²) in [6.45, 7) is 37.9. The van der Waals surface area contributed by atoms with Crippen LogP contribution in [0.3, 0.4) is 0 Å². The molecule has 2 fully saturated rings. The number of hydrogen-bond acceptors (Lipinski definition) is 4. The van der Waals surface area contributed by atoms with E-state index in [0.29, 0.717) is 12.2 Å². The van der Waals surface area contributed by atoms with Crippen molar-refractivity contribution in [2.45, 2.75) is 173 Å². The summed E-state index contributed by atoms with van der Waals surface area (Å²) in [7, 11) is -7.63. The molecule has 0 amide bonds. The summed E-state index contributed by atoms with van der Waals surface area (Å²) in [5.74, 6) is 0.766. The second kappa shape index (κ2) is 10.6. The second-order valence-electron chi connectivity index (χ2n) is 16.2. The Labute approximate surface area is 229 Å². The van der Waals surface area contributed by atoms with Crippen molar-refractivity contribution in [3.63, 3.8) is 0 Å². The summed E-state index contributed by atoms with van der Waals surface area (Å²) < 4.78 is 27.3. The monoisotopic (exact) mass is 574 g/mol. The second-order valence-corrected chi connectivity index (χ2v) is 35.3. The van der Waals surface area contributed by atoms with Gasteiger partial charge in [0.25, 0.3) is 0 Å². The van der Waals surface area contributed by atoms with Crippen LogP contribution in [0.1, 0.15) is 74.1 Å². The molecule has 36 heavy (non-hydrogen) atoms. The fraction of sp³-hybridized carbons (Fsp3) is 1.00. The molecule has 2 rings (SSSR count). The maximum atomic E-state index is 7.40. The molecule has 1 saturated heterocycles. The van der Waals surface area contributed by atoms with E-state index in [2.05, 4.69) is 107 Å². The van der Waals surface area contributed by atoms with E-state index in [9.17, 15) is 0 Å². The normalized spacial score (nSPS) is 26.8. The summed E-state index contributed by atoms with van der Waals surface area (Å²) in [6, 6.07) is 1.15. The molecule has 0 aromatic rings. The smallest absolute Gasteiger partial charge is 0.219 e. The van der Waals surface area contributed by atoms with Gasteiger partial charge in [0, 0.05) is 16.4 Å². The summed E-state index contributed by atoms with van der Waals surface area (Å²) >= 11 is 0. The van der Waals surface area contributed by atoms with Crippen molar-refractivity contribution >= 4 is 33.0 Å². The molecule has 4 nitrogen and oxygen atoms in total. The molecule has 2 aliphatic rings. The first-order valence-electron chi connectivity index (χ1n) is 14.6. The standard InChI is InChI=1S/C28H62O4Si4/c1-22(26(2,3)35(14,15)32-27(4,5)33(8,9)10)30-36(16,28(6,7)31-34(11,12)13)20-19-23-17-18-24-25(21-23)29-24/h22-25H,17-21H2,1-16H3. The highest BCUT2D eigenvalue weighted by atomic mass is 28.4. The number of rotatable bonds is 13. The molecule has 0 radical (unpaired) electrons. The van der Waals surface area contributed by atoms with Crippen molar-refractivity contribution in [3.8, 4) is 0 Å². The minimum absolute atomic E-state index is 0.0344. The van der Waals surface area contributed by atoms with Crippen LogP contribution in [0.4, 0.5) is 0 Å². The lowest BCUT2D eigenvalue weighted by Crippen LogP contribution is -2.64. The van der Waals surface area contributed by atoms with Crippen LogP contribution in [0.15, 0.2) is 0 Å². The lowest BCUT2D eigenvalue weighted by Gasteiger charge is -2.53. The van der Waals surface area contributed by atoms with Crippen LogP contribution in [-0.2, 0) is 18.0 Å². The highest BCUT2D eigenvalue weighted by molar-refractivity contribution is 6.81. The van der Waals surface area contributed by atoms with Gasteiger partial charge < -0.3 is 18.0 Å². The van der Waals surface area contributed by atoms with E-state index in [4.69, 9.17) is 18.0 Å². The average Bonchev–Trinajstić information content (AvgIpc) is 3.41. The maximum Gasteiger partial charge on any atom is 0.219 e. The van der Waals surface area contributed by atoms with Crippen molar-refractivity contribution in [1.82, 2.24) is 0 Å². The van der Waals surface area contributed by atoms with Gasteiger partial charge in [-0.05, 0) is 105 Å². The molecular weight excluding hydrogens is 513 g/mol. The minimum atomic E-state index is -2.28. The third-order valence-corrected chi connectivity index (χ3v) is 24.8. The van der Waals surface area contributed by atoms with Gasteiger partial charge in [-0.25, -0.2) is 0 Å². The van der Waals surface area contributed by atoms with E-state index in [1.807, 2.05) is 0 Å². The Morgan fingerprint density at radius 3 is 1.81 bits per heavy atom. The maximum absolute atomic E-state index is 7.40. The van der Waals surface area contributed by atoms with Crippen LogP contribution in [0.25, 0.3) is 0 Å². The molecule has 0 aromatic carbocycles. The molecule has 0 spiro atoms. The molecule has 0 aromatic heterocycles. The van der Waals surface area contributed by atoms with Gasteiger partial charge in [-0.3, -0.25) is 0 Å². The van der Waals surface area contributed by atoms with Gasteiger partial charge in [-0.15, -0.1) is 0 Å². The van der Waals surface area contributed by atoms with Gasteiger partial charge in [0.05, 0.1) is 25.5 Å². The van der Waals surface area contributed by atoms with Gasteiger partial charge in [-0.2, -0.15) is 0 Å². The summed E-state index contributed by atoms with van der Waals surface area (Å²) in [4.78, 5) is 0. The van der Waals surface area contributed by atoms with Crippen molar-refractivity contribution < 1.29 is 18.0 Å². The molecule has 8 heteroatoms. The molecule has 214 valence electrons. The van der Waals surface area contributed by atoms with Crippen LogP contribution in [-0.4, -0.2) is 61.8 Å². The Morgan fingerprint density at radius 2 is 1.33 bits per heavy atom. The molecule has 1 heterocycles. The summed E-state index contributed by atoms with van der Waals surface area (Å²) in [6.07, 6.45) is 6.26. The van der Waals surface area contributed by atoms with Gasteiger partial charge in [0.1, 0.15) is 0 Å². The average molecular weight is 575 g/mol. The number of fused-ring (bicyclic) bond motifs is 1. The first-order chi connectivity index (χ1) is 15.8. The zero-order valence-electron chi connectivity index (χ0n) is 27.0. The van der Waals surface area contributed by atoms with Gasteiger partial charge in [0.15, 0.2) is 16.6 Å². The first-order valence-corrected chi connectivity index (χ1v) is 27.0. The zero-order valence-corrected chi connectivity index (χ0v) is 31.0. The Hall–Kier alpha value is 0.708. The highest BCUT2D eigenvalue weighted by Gasteiger charge is 2.55. The molecule has 1 saturated carbocycles. The van der Waals surface area contributed by atoms with Crippen molar-refractivity contribution in [2.75, 3.05) is 0 Å². The molecule has 0 bridgehead atoms. The minimum Gasteiger partial charge on any atom is -0.415 e. The first kappa shape index (κ1) is 32.9. The van der Waals surface area contributed by atoms with Crippen molar-refractivity contribution in [1.29, 1.82) is 0 Å². The fourth-order valence-electron chi connectivity index (χ4n) is 5.55. The molecular formula is C28H62O4Si4. The van der Waals surface area contributed by atoms with E-state index in [0.717, 1.165) is 12.0 Å². The summed E-state index contributed by atoms with van der Waals surface area (Å²) in [5.41, 5.74) is 0. The predicted octanol–water partition coefficient (Wildman–Crippen LogP) is 8.75. The Morgan fingerprint density at radius 1 is 0.778 bits per heavy atom. The zero-order chi connectivity index (χ0) is 28.2. The lowest BCUT2D eigenvalue weighted by molar-refractivity contribution is 0.0813. The number of ether oxygens (including phenoxy) is 1. The summed E-state index contributed by atoms with van der Waals surface area (Å²) in [5, 5.41) is -0.336. The number of epoxide rings is 1. The highest BCUT2D eigenvalue weighted by Crippen LogP contribution is 2.49. The van der Waals surface area contributed by atoms with Crippen LogP contribution < -0.4 is 0 Å². The Kier molecular flexibility index (Phi) is 9.69. The van der Waals surface area contributed by atoms with Crippen LogP contribution in [0, 0.1) is 5.92 Å². The quantitative estimate of drug-likeness (QED) is 0.163. The third-order valence-electron chi connectivity index (χ3n) is 10.3. The van der Waals surface area contributed by atoms with Crippen molar-refractivity contribution in [2.24, 2.45) is 5.92 Å². The molecule has 1 aliphatic heterocycles. The van der Waals surface area contributed by atoms with E-state index in [1.54, 1.807) is 0 Å². The van der Waals surface area contributed by atoms with E-state index < -0.39 is 33.0 Å². The van der Waals surface area contributed by atoms with Crippen LogP contribution in [0.2, 0.25) is 70.0 Å². The van der Waals surface area contributed by atoms with E-state index >= 15 is 0 Å². The van der Waals surface area contributed by atoms with Gasteiger partial charge in [0.2, 0.25) is 8.32 Å². The Balaban J connectivity index is 2.27. The third kappa shape index (κ3) is 7.67. The van der Waals surface area contributed by atoms with Gasteiger partial charge in [-0.1, -0.05) is 39.9 Å². The SMILES string of the molecule is CC(O[Si](C)(CCC1CCC2OC2C1)C(C)(C)O[Si](C)(C)C)C(C)(C)[Si](C)(C)OC(C)(C)[Si](C)(C)C.